The van der Waals surface area contributed by atoms with Crippen molar-refractivity contribution in [3.05, 3.63) is 65.3 Å². The lowest BCUT2D eigenvalue weighted by Crippen LogP contribution is -2.48. The number of piperazine rings is 1. The Morgan fingerprint density at radius 3 is 2.48 bits per heavy atom. The van der Waals surface area contributed by atoms with Gasteiger partial charge < -0.3 is 4.90 Å². The molecule has 1 fully saturated rings. The Kier molecular flexibility index (Phi) is 4.80. The van der Waals surface area contributed by atoms with E-state index in [9.17, 15) is 8.42 Å². The summed E-state index contributed by atoms with van der Waals surface area (Å²) in [6.45, 7) is 4.05. The molecule has 1 aromatic heterocycles. The Bertz CT molecular complexity index is 1090. The van der Waals surface area contributed by atoms with Gasteiger partial charge in [0.15, 0.2) is 0 Å². The minimum Gasteiger partial charge on any atom is -0.369 e. The fourth-order valence-corrected chi connectivity index (χ4v) is 5.22. The van der Waals surface area contributed by atoms with E-state index in [0.29, 0.717) is 36.7 Å². The van der Waals surface area contributed by atoms with Crippen LogP contribution in [0.3, 0.4) is 0 Å². The zero-order valence-corrected chi connectivity index (χ0v) is 16.5. The average Bonchev–Trinajstić information content (AvgIpc) is 2.67. The maximum Gasteiger partial charge on any atom is 0.245 e. The van der Waals surface area contributed by atoms with E-state index >= 15 is 0 Å². The molecule has 0 bridgehead atoms. The molecule has 1 aliphatic heterocycles. The second-order valence-corrected chi connectivity index (χ2v) is 9.05. The molecule has 0 radical (unpaired) electrons. The van der Waals surface area contributed by atoms with Crippen LogP contribution in [-0.4, -0.2) is 43.9 Å². The highest BCUT2D eigenvalue weighted by Gasteiger charge is 2.30. The van der Waals surface area contributed by atoms with E-state index < -0.39 is 10.0 Å². The number of nitrogens with zero attached hydrogens (tertiary/aromatic N) is 3. The maximum atomic E-state index is 13.2. The summed E-state index contributed by atoms with van der Waals surface area (Å²) in [6, 6.07) is 14.9. The molecule has 0 saturated carbocycles. The summed E-state index contributed by atoms with van der Waals surface area (Å²) in [4.78, 5) is 6.81. The van der Waals surface area contributed by atoms with Gasteiger partial charge in [-0.1, -0.05) is 29.8 Å². The molecule has 3 aromatic rings. The first-order chi connectivity index (χ1) is 12.9. The van der Waals surface area contributed by atoms with E-state index in [1.807, 2.05) is 43.3 Å². The largest absolute Gasteiger partial charge is 0.369 e. The van der Waals surface area contributed by atoms with Gasteiger partial charge in [-0.25, -0.2) is 8.42 Å². The van der Waals surface area contributed by atoms with Gasteiger partial charge in [0.2, 0.25) is 10.0 Å². The van der Waals surface area contributed by atoms with E-state index in [1.54, 1.807) is 22.6 Å². The Hall–Kier alpha value is -2.15. The Morgan fingerprint density at radius 1 is 1.00 bits per heavy atom. The first kappa shape index (κ1) is 18.2. The topological polar surface area (TPSA) is 53.5 Å². The number of hydrogen-bond donors (Lipinski definition) is 0. The van der Waals surface area contributed by atoms with Crippen LogP contribution in [0.4, 0.5) is 5.69 Å². The van der Waals surface area contributed by atoms with Crippen molar-refractivity contribution < 1.29 is 8.42 Å². The lowest BCUT2D eigenvalue weighted by Gasteiger charge is -2.35. The molecule has 7 heteroatoms. The van der Waals surface area contributed by atoms with Gasteiger partial charge in [-0.2, -0.15) is 4.31 Å². The standard InChI is InChI=1S/C20H20ClN3O2S/c1-15-12-16-4-2-7-19(20(16)22-14-15)27(25,26)24-10-8-23(9-11-24)18-6-3-5-17(21)13-18/h2-7,12-14H,8-11H2,1H3. The molecule has 0 spiro atoms. The Balaban J connectivity index is 1.59. The zero-order valence-electron chi connectivity index (χ0n) is 15.0. The Morgan fingerprint density at radius 2 is 1.74 bits per heavy atom. The maximum absolute atomic E-state index is 13.2. The normalized spacial score (nSPS) is 16.0. The monoisotopic (exact) mass is 401 g/mol. The van der Waals surface area contributed by atoms with Crippen LogP contribution in [0.2, 0.25) is 5.02 Å². The van der Waals surface area contributed by atoms with Crippen LogP contribution < -0.4 is 4.90 Å². The van der Waals surface area contributed by atoms with Gasteiger partial charge in [0.25, 0.3) is 0 Å². The third-order valence-corrected chi connectivity index (χ3v) is 7.01. The number of halogens is 1. The Labute approximate surface area is 164 Å². The van der Waals surface area contributed by atoms with Crippen molar-refractivity contribution in [2.24, 2.45) is 0 Å². The number of para-hydroxylation sites is 1. The van der Waals surface area contributed by atoms with Gasteiger partial charge in [0.05, 0.1) is 5.52 Å². The number of rotatable bonds is 3. The second-order valence-electron chi connectivity index (χ2n) is 6.71. The fraction of sp³-hybridized carbons (Fsp3) is 0.250. The van der Waals surface area contributed by atoms with Crippen molar-refractivity contribution in [2.75, 3.05) is 31.1 Å². The highest BCUT2D eigenvalue weighted by molar-refractivity contribution is 7.89. The van der Waals surface area contributed by atoms with Crippen LogP contribution in [-0.2, 0) is 10.0 Å². The summed E-state index contributed by atoms with van der Waals surface area (Å²) < 4.78 is 28.0. The molecule has 0 amide bonds. The van der Waals surface area contributed by atoms with E-state index in [0.717, 1.165) is 16.6 Å². The predicted octanol–water partition coefficient (Wildman–Crippen LogP) is 3.71. The molecule has 2 aromatic carbocycles. The quantitative estimate of drug-likeness (QED) is 0.671. The van der Waals surface area contributed by atoms with Crippen molar-refractivity contribution in [3.8, 4) is 0 Å². The van der Waals surface area contributed by atoms with E-state index in [4.69, 9.17) is 11.6 Å². The number of anilines is 1. The molecule has 140 valence electrons. The smallest absolute Gasteiger partial charge is 0.245 e. The highest BCUT2D eigenvalue weighted by atomic mass is 35.5. The van der Waals surface area contributed by atoms with Gasteiger partial charge >= 0.3 is 0 Å². The van der Waals surface area contributed by atoms with E-state index in [-0.39, 0.29) is 4.90 Å². The van der Waals surface area contributed by atoms with E-state index in [2.05, 4.69) is 9.88 Å². The van der Waals surface area contributed by atoms with Crippen LogP contribution >= 0.6 is 11.6 Å². The van der Waals surface area contributed by atoms with Crippen LogP contribution in [0, 0.1) is 6.92 Å². The summed E-state index contributed by atoms with van der Waals surface area (Å²) in [5.41, 5.74) is 2.55. The van der Waals surface area contributed by atoms with Crippen molar-refractivity contribution in [1.82, 2.24) is 9.29 Å². The molecule has 0 unspecified atom stereocenters. The molecule has 0 aliphatic carbocycles. The molecule has 0 atom stereocenters. The first-order valence-corrected chi connectivity index (χ1v) is 10.6. The predicted molar refractivity (Wildman–Crippen MR) is 109 cm³/mol. The van der Waals surface area contributed by atoms with Crippen molar-refractivity contribution in [1.29, 1.82) is 0 Å². The highest BCUT2D eigenvalue weighted by Crippen LogP contribution is 2.27. The molecule has 2 heterocycles. The van der Waals surface area contributed by atoms with Gasteiger partial charge in [0, 0.05) is 48.5 Å². The van der Waals surface area contributed by atoms with Crippen molar-refractivity contribution in [2.45, 2.75) is 11.8 Å². The lowest BCUT2D eigenvalue weighted by atomic mass is 10.2. The molecular weight excluding hydrogens is 382 g/mol. The summed E-state index contributed by atoms with van der Waals surface area (Å²) in [5.74, 6) is 0. The molecule has 27 heavy (non-hydrogen) atoms. The molecule has 0 N–H and O–H groups in total. The number of pyridine rings is 1. The van der Waals surface area contributed by atoms with Crippen LogP contribution in [0.5, 0.6) is 0 Å². The van der Waals surface area contributed by atoms with Crippen LogP contribution in [0.25, 0.3) is 10.9 Å². The minimum atomic E-state index is -3.60. The molecule has 1 aliphatic rings. The molecule has 1 saturated heterocycles. The summed E-state index contributed by atoms with van der Waals surface area (Å²) in [5, 5.41) is 1.52. The molecule has 4 rings (SSSR count). The van der Waals surface area contributed by atoms with Gasteiger partial charge in [-0.15, -0.1) is 0 Å². The fourth-order valence-electron chi connectivity index (χ4n) is 3.45. The third-order valence-electron chi connectivity index (χ3n) is 4.84. The number of hydrogen-bond acceptors (Lipinski definition) is 4. The number of aromatic nitrogens is 1. The number of sulfonamides is 1. The third kappa shape index (κ3) is 3.52. The minimum absolute atomic E-state index is 0.274. The first-order valence-electron chi connectivity index (χ1n) is 8.81. The lowest BCUT2D eigenvalue weighted by molar-refractivity contribution is 0.385. The SMILES string of the molecule is Cc1cnc2c(S(=O)(=O)N3CCN(c4cccc(Cl)c4)CC3)cccc2c1. The van der Waals surface area contributed by atoms with Crippen LogP contribution in [0.1, 0.15) is 5.56 Å². The number of fused-ring (bicyclic) bond motifs is 1. The summed E-state index contributed by atoms with van der Waals surface area (Å²) in [6.07, 6.45) is 1.71. The second kappa shape index (κ2) is 7.11. The van der Waals surface area contributed by atoms with Gasteiger partial charge in [-0.05, 0) is 42.8 Å². The molecular formula is C20H20ClN3O2S. The zero-order chi connectivity index (χ0) is 19.0. The average molecular weight is 402 g/mol. The van der Waals surface area contributed by atoms with Gasteiger partial charge in [-0.3, -0.25) is 4.98 Å². The van der Waals surface area contributed by atoms with E-state index in [1.165, 1.54) is 0 Å². The van der Waals surface area contributed by atoms with Crippen molar-refractivity contribution in [3.63, 3.8) is 0 Å². The van der Waals surface area contributed by atoms with Crippen molar-refractivity contribution >= 4 is 38.2 Å². The number of benzene rings is 2. The van der Waals surface area contributed by atoms with Crippen LogP contribution in [0.15, 0.2) is 59.6 Å². The number of aryl methyl sites for hydroxylation is 1. The summed E-state index contributed by atoms with van der Waals surface area (Å²) in [7, 11) is -3.60. The molecule has 5 nitrogen and oxygen atoms in total. The summed E-state index contributed by atoms with van der Waals surface area (Å²) >= 11 is 6.07. The van der Waals surface area contributed by atoms with Gasteiger partial charge in [0.1, 0.15) is 4.90 Å².